The topological polar surface area (TPSA) is 115 Å². The van der Waals surface area contributed by atoms with E-state index in [9.17, 15) is 9.59 Å². The summed E-state index contributed by atoms with van der Waals surface area (Å²) in [6, 6.07) is 0. The summed E-state index contributed by atoms with van der Waals surface area (Å²) in [6.07, 6.45) is 4.95. The van der Waals surface area contributed by atoms with Crippen molar-refractivity contribution in [1.82, 2.24) is 19.9 Å². The fourth-order valence-electron chi connectivity index (χ4n) is 4.70. The summed E-state index contributed by atoms with van der Waals surface area (Å²) < 4.78 is 5.25. The first-order valence-corrected chi connectivity index (χ1v) is 11.9. The van der Waals surface area contributed by atoms with Crippen LogP contribution < -0.4 is 10.6 Å². The van der Waals surface area contributed by atoms with E-state index >= 15 is 0 Å². The molecule has 1 aliphatic heterocycles. The van der Waals surface area contributed by atoms with Gasteiger partial charge in [-0.15, -0.1) is 11.3 Å². The van der Waals surface area contributed by atoms with Crippen molar-refractivity contribution in [3.05, 3.63) is 22.5 Å². The predicted molar refractivity (Wildman–Crippen MR) is 123 cm³/mol. The molecule has 0 saturated carbocycles. The van der Waals surface area contributed by atoms with Crippen LogP contribution in [0.4, 0.5) is 5.95 Å². The summed E-state index contributed by atoms with van der Waals surface area (Å²) in [4.78, 5) is 44.3. The maximum atomic E-state index is 13.2. The van der Waals surface area contributed by atoms with Gasteiger partial charge in [-0.3, -0.25) is 9.59 Å². The minimum atomic E-state index is -1.07. The molecule has 2 aromatic rings. The molecule has 0 unspecified atom stereocenters. The average molecular weight is 459 g/mol. The fraction of sp³-hybridized carbons (Fsp3) is 0.591. The van der Waals surface area contributed by atoms with Crippen LogP contribution in [0, 0.1) is 0 Å². The van der Waals surface area contributed by atoms with Crippen molar-refractivity contribution in [2.45, 2.75) is 51.5 Å². The van der Waals surface area contributed by atoms with E-state index in [4.69, 9.17) is 20.4 Å². The van der Waals surface area contributed by atoms with Gasteiger partial charge in [0.25, 0.3) is 0 Å². The van der Waals surface area contributed by atoms with Crippen LogP contribution in [-0.4, -0.2) is 70.6 Å². The Morgan fingerprint density at radius 1 is 1.28 bits per heavy atom. The number of carbonyl (C=O) groups is 2. The molecule has 0 aromatic carbocycles. The maximum absolute atomic E-state index is 13.2. The largest absolute Gasteiger partial charge is 0.382 e. The second-order valence-corrected chi connectivity index (χ2v) is 9.34. The zero-order valence-electron chi connectivity index (χ0n) is 18.9. The summed E-state index contributed by atoms with van der Waals surface area (Å²) in [5.74, 6) is 0.0601. The van der Waals surface area contributed by atoms with Gasteiger partial charge in [-0.25, -0.2) is 15.0 Å². The molecule has 2 aliphatic rings. The van der Waals surface area contributed by atoms with Crippen LogP contribution in [0.1, 0.15) is 43.0 Å². The van der Waals surface area contributed by atoms with Crippen molar-refractivity contribution in [2.24, 2.45) is 5.73 Å². The number of likely N-dealkylation sites (tertiary alicyclic amines) is 1. The van der Waals surface area contributed by atoms with E-state index in [2.05, 4.69) is 23.7 Å². The van der Waals surface area contributed by atoms with Crippen LogP contribution in [0.5, 0.6) is 0 Å². The van der Waals surface area contributed by atoms with Crippen LogP contribution in [0.2, 0.25) is 0 Å². The molecule has 0 bridgehead atoms. The highest BCUT2D eigenvalue weighted by atomic mass is 32.1. The van der Waals surface area contributed by atoms with Crippen molar-refractivity contribution >= 4 is 29.1 Å². The lowest BCUT2D eigenvalue weighted by Crippen LogP contribution is -2.59. The van der Waals surface area contributed by atoms with Gasteiger partial charge < -0.3 is 20.3 Å². The van der Waals surface area contributed by atoms with Crippen molar-refractivity contribution in [1.29, 1.82) is 0 Å². The smallest absolute Gasteiger partial charge is 0.245 e. The molecule has 1 saturated heterocycles. The number of thiazole rings is 1. The summed E-state index contributed by atoms with van der Waals surface area (Å²) in [5.41, 5.74) is 7.64. The summed E-state index contributed by atoms with van der Waals surface area (Å²) >= 11 is 1.51. The van der Waals surface area contributed by atoms with Crippen molar-refractivity contribution in [2.75, 3.05) is 38.3 Å². The number of nitrogens with zero attached hydrogens (tertiary/aromatic N) is 5. The molecule has 2 N–H and O–H groups in total. The molecule has 9 nitrogen and oxygen atoms in total. The molecular formula is C22H30N6O3S. The SMILES string of the molecule is CCN(CC)c1ncc2c(n1)-c1sc(CC(=O)N3CCC[C@@]3(COC)C(N)=O)nc1CC2. The van der Waals surface area contributed by atoms with Crippen molar-refractivity contribution in [3.8, 4) is 10.6 Å². The first-order chi connectivity index (χ1) is 15.4. The zero-order chi connectivity index (χ0) is 22.9. The maximum Gasteiger partial charge on any atom is 0.245 e. The number of ether oxygens (including phenoxy) is 1. The molecule has 2 aromatic heterocycles. The van der Waals surface area contributed by atoms with E-state index in [1.54, 1.807) is 4.90 Å². The number of aryl methyl sites for hydroxylation is 2. The number of aromatic nitrogens is 3. The van der Waals surface area contributed by atoms with E-state index in [1.807, 2.05) is 6.20 Å². The molecule has 2 amide bonds. The van der Waals surface area contributed by atoms with Crippen LogP contribution >= 0.6 is 11.3 Å². The first kappa shape index (κ1) is 22.6. The summed E-state index contributed by atoms with van der Waals surface area (Å²) in [6.45, 7) is 6.46. The Labute approximate surface area is 192 Å². The number of rotatable bonds is 8. The minimum Gasteiger partial charge on any atom is -0.382 e. The predicted octanol–water partition coefficient (Wildman–Crippen LogP) is 1.58. The highest BCUT2D eigenvalue weighted by Crippen LogP contribution is 2.38. The van der Waals surface area contributed by atoms with Crippen LogP contribution in [0.15, 0.2) is 6.20 Å². The number of anilines is 1. The Morgan fingerprint density at radius 3 is 2.75 bits per heavy atom. The Bertz CT molecular complexity index is 1020. The number of methoxy groups -OCH3 is 1. The van der Waals surface area contributed by atoms with Gasteiger partial charge in [0.05, 0.1) is 29.3 Å². The Balaban J connectivity index is 1.60. The molecule has 10 heteroatoms. The highest BCUT2D eigenvalue weighted by molar-refractivity contribution is 7.15. The van der Waals surface area contributed by atoms with E-state index in [-0.39, 0.29) is 18.9 Å². The lowest BCUT2D eigenvalue weighted by atomic mass is 9.96. The number of hydrogen-bond acceptors (Lipinski definition) is 8. The van der Waals surface area contributed by atoms with Gasteiger partial charge >= 0.3 is 0 Å². The monoisotopic (exact) mass is 458 g/mol. The number of primary amides is 1. The van der Waals surface area contributed by atoms with Crippen LogP contribution in [0.25, 0.3) is 10.6 Å². The van der Waals surface area contributed by atoms with Gasteiger partial charge in [-0.1, -0.05) is 0 Å². The molecule has 3 heterocycles. The Morgan fingerprint density at radius 2 is 2.06 bits per heavy atom. The van der Waals surface area contributed by atoms with Gasteiger partial charge in [0.15, 0.2) is 0 Å². The summed E-state index contributed by atoms with van der Waals surface area (Å²) in [7, 11) is 1.52. The molecule has 172 valence electrons. The van der Waals surface area contributed by atoms with Gasteiger partial charge in [0, 0.05) is 32.9 Å². The number of hydrogen-bond donors (Lipinski definition) is 1. The van der Waals surface area contributed by atoms with Gasteiger partial charge in [-0.05, 0) is 45.1 Å². The molecular weight excluding hydrogens is 428 g/mol. The first-order valence-electron chi connectivity index (χ1n) is 11.1. The molecule has 1 aliphatic carbocycles. The summed E-state index contributed by atoms with van der Waals surface area (Å²) in [5, 5.41) is 0.735. The van der Waals surface area contributed by atoms with E-state index in [0.717, 1.165) is 65.1 Å². The van der Waals surface area contributed by atoms with Gasteiger partial charge in [-0.2, -0.15) is 0 Å². The van der Waals surface area contributed by atoms with Crippen LogP contribution in [0.3, 0.4) is 0 Å². The standard InChI is InChI=1S/C22H30N6O3S/c1-4-27(5-2)21-24-12-14-7-8-15-19(18(14)26-21)32-16(25-15)11-17(29)28-10-6-9-22(28,13-31-3)20(23)30/h12H,4-11,13H2,1-3H3,(H2,23,30)/t22-/m1/s1. The average Bonchev–Trinajstić information content (AvgIpc) is 3.39. The Kier molecular flexibility index (Phi) is 6.43. The number of amides is 2. The highest BCUT2D eigenvalue weighted by Gasteiger charge is 2.48. The third-order valence-corrected chi connectivity index (χ3v) is 7.52. The van der Waals surface area contributed by atoms with E-state index in [1.165, 1.54) is 18.4 Å². The van der Waals surface area contributed by atoms with Gasteiger partial charge in [0.1, 0.15) is 10.5 Å². The van der Waals surface area contributed by atoms with Gasteiger partial charge in [0.2, 0.25) is 17.8 Å². The number of fused-ring (bicyclic) bond motifs is 3. The second kappa shape index (κ2) is 9.11. The Hall–Kier alpha value is -2.59. The molecule has 1 atom stereocenters. The van der Waals surface area contributed by atoms with Crippen LogP contribution in [-0.2, 0) is 33.6 Å². The van der Waals surface area contributed by atoms with E-state index < -0.39 is 11.4 Å². The molecule has 0 radical (unpaired) electrons. The minimum absolute atomic E-state index is 0.112. The number of nitrogens with two attached hydrogens (primary N) is 1. The normalized spacial score (nSPS) is 19.5. The lowest BCUT2D eigenvalue weighted by Gasteiger charge is -2.35. The van der Waals surface area contributed by atoms with Crippen molar-refractivity contribution in [3.63, 3.8) is 0 Å². The molecule has 4 rings (SSSR count). The quantitative estimate of drug-likeness (QED) is 0.639. The second-order valence-electron chi connectivity index (χ2n) is 8.25. The zero-order valence-corrected chi connectivity index (χ0v) is 19.7. The van der Waals surface area contributed by atoms with E-state index in [0.29, 0.717) is 13.0 Å². The number of carbonyl (C=O) groups excluding carboxylic acids is 2. The third kappa shape index (κ3) is 3.86. The molecule has 1 fully saturated rings. The molecule has 0 spiro atoms. The lowest BCUT2D eigenvalue weighted by molar-refractivity contribution is -0.146. The molecule has 32 heavy (non-hydrogen) atoms. The third-order valence-electron chi connectivity index (χ3n) is 6.42. The van der Waals surface area contributed by atoms with Crippen molar-refractivity contribution < 1.29 is 14.3 Å². The fourth-order valence-corrected chi connectivity index (χ4v) is 5.83.